The fourth-order valence-electron chi connectivity index (χ4n) is 2.75. The number of benzene rings is 1. The minimum Gasteiger partial charge on any atom is -0.322 e. The molecule has 3 heterocycles. The number of fused-ring (bicyclic) bond motifs is 2. The lowest BCUT2D eigenvalue weighted by atomic mass is 10.2. The molecule has 1 aromatic carbocycles. The standard InChI is InChI=1S/C17H15N5OS/c1-9-6-10(2)22-16(19-9)13(8-18-22)17(23)21-12-4-5-14-15(7-12)24-11(3)20-14/h4-8H,1-3H3,(H,21,23). The predicted octanol–water partition coefficient (Wildman–Crippen LogP) is 3.52. The van der Waals surface area contributed by atoms with Gasteiger partial charge in [-0.2, -0.15) is 5.10 Å². The molecule has 0 bridgehead atoms. The Hall–Kier alpha value is -2.80. The Kier molecular flexibility index (Phi) is 3.31. The minimum absolute atomic E-state index is 0.219. The molecular formula is C17H15N5OS. The molecule has 120 valence electrons. The van der Waals surface area contributed by atoms with Crippen LogP contribution in [0.3, 0.4) is 0 Å². The summed E-state index contributed by atoms with van der Waals surface area (Å²) >= 11 is 1.61. The first-order chi connectivity index (χ1) is 11.5. The van der Waals surface area contributed by atoms with E-state index in [1.807, 2.05) is 45.0 Å². The van der Waals surface area contributed by atoms with E-state index in [0.29, 0.717) is 11.2 Å². The third-order valence-electron chi connectivity index (χ3n) is 3.78. The quantitative estimate of drug-likeness (QED) is 0.607. The Labute approximate surface area is 142 Å². The van der Waals surface area contributed by atoms with Crippen LogP contribution in [-0.2, 0) is 0 Å². The van der Waals surface area contributed by atoms with Crippen molar-refractivity contribution in [3.05, 3.63) is 52.4 Å². The van der Waals surface area contributed by atoms with Gasteiger partial charge in [-0.05, 0) is 45.0 Å². The number of rotatable bonds is 2. The first-order valence-electron chi connectivity index (χ1n) is 7.52. The van der Waals surface area contributed by atoms with Crippen molar-refractivity contribution in [1.82, 2.24) is 19.6 Å². The normalized spacial score (nSPS) is 11.3. The molecular weight excluding hydrogens is 322 g/mol. The number of aromatic nitrogens is 4. The zero-order valence-electron chi connectivity index (χ0n) is 13.5. The molecule has 3 aromatic heterocycles. The Bertz CT molecular complexity index is 1100. The summed E-state index contributed by atoms with van der Waals surface area (Å²) in [6, 6.07) is 7.64. The number of amides is 1. The highest BCUT2D eigenvalue weighted by Crippen LogP contribution is 2.25. The molecule has 1 amide bonds. The van der Waals surface area contributed by atoms with Crippen LogP contribution >= 0.6 is 11.3 Å². The van der Waals surface area contributed by atoms with Crippen molar-refractivity contribution in [1.29, 1.82) is 0 Å². The number of nitrogens with one attached hydrogen (secondary N) is 1. The summed E-state index contributed by atoms with van der Waals surface area (Å²) in [6.07, 6.45) is 1.56. The van der Waals surface area contributed by atoms with Gasteiger partial charge in [-0.15, -0.1) is 11.3 Å². The van der Waals surface area contributed by atoms with Crippen molar-refractivity contribution in [2.75, 3.05) is 5.32 Å². The second kappa shape index (κ2) is 5.38. The maximum absolute atomic E-state index is 12.6. The maximum Gasteiger partial charge on any atom is 0.261 e. The first kappa shape index (κ1) is 14.8. The lowest BCUT2D eigenvalue weighted by Gasteiger charge is -2.05. The number of carbonyl (C=O) groups is 1. The van der Waals surface area contributed by atoms with Crippen LogP contribution in [0.5, 0.6) is 0 Å². The number of anilines is 1. The molecule has 24 heavy (non-hydrogen) atoms. The van der Waals surface area contributed by atoms with E-state index < -0.39 is 0 Å². The largest absolute Gasteiger partial charge is 0.322 e. The Morgan fingerprint density at radius 1 is 1.17 bits per heavy atom. The first-order valence-corrected chi connectivity index (χ1v) is 8.33. The highest BCUT2D eigenvalue weighted by molar-refractivity contribution is 7.18. The van der Waals surface area contributed by atoms with Gasteiger partial charge in [0.05, 0.1) is 21.4 Å². The number of hydrogen-bond donors (Lipinski definition) is 1. The van der Waals surface area contributed by atoms with E-state index in [2.05, 4.69) is 20.4 Å². The summed E-state index contributed by atoms with van der Waals surface area (Å²) in [6.45, 7) is 5.82. The molecule has 0 aliphatic carbocycles. The molecule has 0 aliphatic rings. The summed E-state index contributed by atoms with van der Waals surface area (Å²) in [5.74, 6) is -0.219. The van der Waals surface area contributed by atoms with Gasteiger partial charge < -0.3 is 5.32 Å². The van der Waals surface area contributed by atoms with Gasteiger partial charge in [-0.3, -0.25) is 4.79 Å². The lowest BCUT2D eigenvalue weighted by Crippen LogP contribution is -2.12. The van der Waals surface area contributed by atoms with E-state index in [0.717, 1.165) is 32.3 Å². The van der Waals surface area contributed by atoms with E-state index in [1.165, 1.54) is 0 Å². The van der Waals surface area contributed by atoms with E-state index in [4.69, 9.17) is 0 Å². The molecule has 0 aliphatic heterocycles. The Balaban J connectivity index is 1.70. The molecule has 0 saturated carbocycles. The van der Waals surface area contributed by atoms with E-state index in [1.54, 1.807) is 22.0 Å². The van der Waals surface area contributed by atoms with Crippen molar-refractivity contribution in [2.45, 2.75) is 20.8 Å². The van der Waals surface area contributed by atoms with Gasteiger partial charge in [0.1, 0.15) is 5.56 Å². The van der Waals surface area contributed by atoms with Crippen LogP contribution in [0, 0.1) is 20.8 Å². The summed E-state index contributed by atoms with van der Waals surface area (Å²) in [5, 5.41) is 8.19. The highest BCUT2D eigenvalue weighted by atomic mass is 32.1. The number of nitrogens with zero attached hydrogens (tertiary/aromatic N) is 4. The number of hydrogen-bond acceptors (Lipinski definition) is 5. The fraction of sp³-hybridized carbons (Fsp3) is 0.176. The minimum atomic E-state index is -0.219. The van der Waals surface area contributed by atoms with Gasteiger partial charge in [0.15, 0.2) is 5.65 Å². The topological polar surface area (TPSA) is 72.2 Å². The molecule has 0 radical (unpaired) electrons. The van der Waals surface area contributed by atoms with Crippen LogP contribution in [0.4, 0.5) is 5.69 Å². The SMILES string of the molecule is Cc1cc(C)n2ncc(C(=O)Nc3ccc4nc(C)sc4c3)c2n1. The van der Waals surface area contributed by atoms with Gasteiger partial charge in [0.2, 0.25) is 0 Å². The van der Waals surface area contributed by atoms with Crippen LogP contribution in [0.25, 0.3) is 15.9 Å². The van der Waals surface area contributed by atoms with Gasteiger partial charge in [0.25, 0.3) is 5.91 Å². The van der Waals surface area contributed by atoms with Crippen molar-refractivity contribution in [3.63, 3.8) is 0 Å². The van der Waals surface area contributed by atoms with Crippen molar-refractivity contribution in [2.24, 2.45) is 0 Å². The van der Waals surface area contributed by atoms with Crippen molar-refractivity contribution in [3.8, 4) is 0 Å². The molecule has 0 spiro atoms. The number of thiazole rings is 1. The van der Waals surface area contributed by atoms with Crippen LogP contribution < -0.4 is 5.32 Å². The van der Waals surface area contributed by atoms with Gasteiger partial charge in [-0.1, -0.05) is 0 Å². The second-order valence-electron chi connectivity index (χ2n) is 5.70. The van der Waals surface area contributed by atoms with Crippen LogP contribution in [0.2, 0.25) is 0 Å². The summed E-state index contributed by atoms with van der Waals surface area (Å²) < 4.78 is 2.73. The average Bonchev–Trinajstić information content (AvgIpc) is 3.09. The Morgan fingerprint density at radius 3 is 2.83 bits per heavy atom. The third-order valence-corrected chi connectivity index (χ3v) is 4.71. The third kappa shape index (κ3) is 2.43. The molecule has 7 heteroatoms. The van der Waals surface area contributed by atoms with Crippen LogP contribution in [0.1, 0.15) is 26.8 Å². The maximum atomic E-state index is 12.6. The van der Waals surface area contributed by atoms with E-state index in [-0.39, 0.29) is 5.91 Å². The molecule has 0 fully saturated rings. The highest BCUT2D eigenvalue weighted by Gasteiger charge is 2.16. The zero-order chi connectivity index (χ0) is 16.8. The van der Waals surface area contributed by atoms with Crippen molar-refractivity contribution < 1.29 is 4.79 Å². The van der Waals surface area contributed by atoms with E-state index in [9.17, 15) is 4.79 Å². The molecule has 0 unspecified atom stereocenters. The second-order valence-corrected chi connectivity index (χ2v) is 6.94. The lowest BCUT2D eigenvalue weighted by molar-refractivity contribution is 0.102. The van der Waals surface area contributed by atoms with Gasteiger partial charge in [-0.25, -0.2) is 14.5 Å². The Morgan fingerprint density at radius 2 is 2.00 bits per heavy atom. The zero-order valence-corrected chi connectivity index (χ0v) is 14.3. The van der Waals surface area contributed by atoms with E-state index >= 15 is 0 Å². The molecule has 1 N–H and O–H groups in total. The molecule has 4 aromatic rings. The average molecular weight is 337 g/mol. The van der Waals surface area contributed by atoms with Gasteiger partial charge in [0, 0.05) is 17.1 Å². The molecule has 6 nitrogen and oxygen atoms in total. The number of carbonyl (C=O) groups excluding carboxylic acids is 1. The summed E-state index contributed by atoms with van der Waals surface area (Å²) in [7, 11) is 0. The van der Waals surface area contributed by atoms with Crippen molar-refractivity contribution >= 4 is 38.8 Å². The van der Waals surface area contributed by atoms with Crippen LogP contribution in [-0.4, -0.2) is 25.5 Å². The monoisotopic (exact) mass is 337 g/mol. The predicted molar refractivity (Wildman–Crippen MR) is 94.8 cm³/mol. The number of aryl methyl sites for hydroxylation is 3. The van der Waals surface area contributed by atoms with Crippen LogP contribution in [0.15, 0.2) is 30.5 Å². The molecule has 4 rings (SSSR count). The molecule has 0 saturated heterocycles. The summed E-state index contributed by atoms with van der Waals surface area (Å²) in [5.41, 5.74) is 4.51. The smallest absolute Gasteiger partial charge is 0.261 e. The summed E-state index contributed by atoms with van der Waals surface area (Å²) in [4.78, 5) is 21.5. The molecule has 0 atom stereocenters. The van der Waals surface area contributed by atoms with Gasteiger partial charge >= 0.3 is 0 Å². The fourth-order valence-corrected chi connectivity index (χ4v) is 3.61.